The Kier molecular flexibility index (Phi) is 4.45. The van der Waals surface area contributed by atoms with Crippen LogP contribution in [0, 0.1) is 5.82 Å². The number of fused-ring (bicyclic) bond motifs is 1. The van der Waals surface area contributed by atoms with Crippen molar-refractivity contribution in [2.24, 2.45) is 0 Å². The normalized spacial score (nSPS) is 25.4. The molecule has 1 saturated heterocycles. The van der Waals surface area contributed by atoms with E-state index in [-0.39, 0.29) is 5.82 Å². The van der Waals surface area contributed by atoms with Crippen LogP contribution in [-0.4, -0.2) is 31.3 Å². The Balaban J connectivity index is 1.75. The third-order valence-electron chi connectivity index (χ3n) is 4.52. The van der Waals surface area contributed by atoms with Crippen LogP contribution in [-0.2, 0) is 11.3 Å². The van der Waals surface area contributed by atoms with Crippen LogP contribution in [0.5, 0.6) is 0 Å². The fraction of sp³-hybridized carbons (Fsp3) is 0.647. The van der Waals surface area contributed by atoms with Crippen molar-refractivity contribution in [3.05, 3.63) is 29.6 Å². The van der Waals surface area contributed by atoms with Crippen LogP contribution in [0.1, 0.15) is 38.7 Å². The average Bonchev–Trinajstić information content (AvgIpc) is 2.94. The first-order valence-electron chi connectivity index (χ1n) is 8.05. The summed E-state index contributed by atoms with van der Waals surface area (Å²) < 4.78 is 20.3. The molecule has 1 aromatic rings. The molecule has 0 aromatic heterocycles. The van der Waals surface area contributed by atoms with Crippen molar-refractivity contribution in [1.29, 1.82) is 0 Å². The highest BCUT2D eigenvalue weighted by atomic mass is 19.1. The maximum absolute atomic E-state index is 14.5. The van der Waals surface area contributed by atoms with Gasteiger partial charge in [0.15, 0.2) is 0 Å². The number of nitrogens with one attached hydrogen (secondary N) is 1. The van der Waals surface area contributed by atoms with Crippen molar-refractivity contribution in [2.45, 2.75) is 57.8 Å². The molecule has 2 fully saturated rings. The zero-order chi connectivity index (χ0) is 14.8. The van der Waals surface area contributed by atoms with Gasteiger partial charge in [0.05, 0.1) is 24.4 Å². The van der Waals surface area contributed by atoms with Crippen molar-refractivity contribution in [2.75, 3.05) is 18.1 Å². The lowest BCUT2D eigenvalue weighted by Crippen LogP contribution is -2.49. The lowest BCUT2D eigenvalue weighted by atomic mass is 10.1. The summed E-state index contributed by atoms with van der Waals surface area (Å²) in [6, 6.07) is 6.41. The van der Waals surface area contributed by atoms with E-state index in [1.807, 2.05) is 12.1 Å². The Morgan fingerprint density at radius 1 is 1.38 bits per heavy atom. The topological polar surface area (TPSA) is 24.5 Å². The van der Waals surface area contributed by atoms with E-state index in [1.165, 1.54) is 6.42 Å². The van der Waals surface area contributed by atoms with Gasteiger partial charge in [-0.2, -0.15) is 0 Å². The van der Waals surface area contributed by atoms with E-state index in [2.05, 4.69) is 24.1 Å². The van der Waals surface area contributed by atoms with Crippen LogP contribution in [0.4, 0.5) is 10.1 Å². The zero-order valence-electron chi connectivity index (χ0n) is 12.9. The zero-order valence-corrected chi connectivity index (χ0v) is 12.9. The molecule has 2 atom stereocenters. The molecule has 0 amide bonds. The highest BCUT2D eigenvalue weighted by Gasteiger charge is 2.36. The number of anilines is 1. The summed E-state index contributed by atoms with van der Waals surface area (Å²) in [5, 5.41) is 3.32. The Hall–Kier alpha value is -1.13. The summed E-state index contributed by atoms with van der Waals surface area (Å²) >= 11 is 0. The first-order valence-corrected chi connectivity index (χ1v) is 8.05. The van der Waals surface area contributed by atoms with Gasteiger partial charge in [0.25, 0.3) is 0 Å². The fourth-order valence-electron chi connectivity index (χ4n) is 3.44. The van der Waals surface area contributed by atoms with Gasteiger partial charge in [-0.25, -0.2) is 4.39 Å². The van der Waals surface area contributed by atoms with Crippen LogP contribution in [0.3, 0.4) is 0 Å². The van der Waals surface area contributed by atoms with Crippen LogP contribution in [0.25, 0.3) is 0 Å². The molecule has 0 radical (unpaired) electrons. The number of rotatable bonds is 4. The van der Waals surface area contributed by atoms with Gasteiger partial charge >= 0.3 is 0 Å². The molecule has 2 aliphatic rings. The van der Waals surface area contributed by atoms with Crippen LogP contribution in [0.15, 0.2) is 18.2 Å². The van der Waals surface area contributed by atoms with Crippen molar-refractivity contribution in [1.82, 2.24) is 5.32 Å². The Labute approximate surface area is 126 Å². The molecular formula is C17H25FN2O. The molecule has 1 saturated carbocycles. The third kappa shape index (κ3) is 3.22. The minimum atomic E-state index is -0.106. The van der Waals surface area contributed by atoms with Crippen LogP contribution < -0.4 is 10.2 Å². The molecule has 1 aromatic carbocycles. The predicted molar refractivity (Wildman–Crippen MR) is 83.1 cm³/mol. The summed E-state index contributed by atoms with van der Waals surface area (Å²) in [5.74, 6) is -0.106. The summed E-state index contributed by atoms with van der Waals surface area (Å²) in [7, 11) is 0. The van der Waals surface area contributed by atoms with Gasteiger partial charge in [0.2, 0.25) is 0 Å². The second kappa shape index (κ2) is 6.32. The average molecular weight is 292 g/mol. The molecule has 4 heteroatoms. The van der Waals surface area contributed by atoms with E-state index in [0.29, 0.717) is 31.3 Å². The van der Waals surface area contributed by atoms with Gasteiger partial charge in [-0.3, -0.25) is 0 Å². The second-order valence-corrected chi connectivity index (χ2v) is 6.42. The first kappa shape index (κ1) is 14.8. The fourth-order valence-corrected chi connectivity index (χ4v) is 3.44. The van der Waals surface area contributed by atoms with E-state index in [0.717, 1.165) is 30.6 Å². The standard InChI is InChI=1S/C17H25FN2O/c1-12(2)19-11-13-6-7-15(14(18)10-13)20-8-9-21-17-5-3-4-16(17)20/h6-7,10,12,16-17,19H,3-5,8-9,11H2,1-2H3. The van der Waals surface area contributed by atoms with Crippen molar-refractivity contribution in [3.8, 4) is 0 Å². The quantitative estimate of drug-likeness (QED) is 0.923. The third-order valence-corrected chi connectivity index (χ3v) is 4.52. The molecule has 3 rings (SSSR count). The molecular weight excluding hydrogens is 267 g/mol. The van der Waals surface area contributed by atoms with Crippen LogP contribution >= 0.6 is 0 Å². The summed E-state index contributed by atoms with van der Waals surface area (Å²) in [6.45, 7) is 6.40. The second-order valence-electron chi connectivity index (χ2n) is 6.42. The van der Waals surface area contributed by atoms with Crippen molar-refractivity contribution < 1.29 is 9.13 Å². The van der Waals surface area contributed by atoms with Crippen LogP contribution in [0.2, 0.25) is 0 Å². The molecule has 21 heavy (non-hydrogen) atoms. The highest BCUT2D eigenvalue weighted by molar-refractivity contribution is 5.51. The number of morpholine rings is 1. The van der Waals surface area contributed by atoms with E-state index in [9.17, 15) is 4.39 Å². The van der Waals surface area contributed by atoms with Gasteiger partial charge in [0, 0.05) is 19.1 Å². The van der Waals surface area contributed by atoms with Crippen molar-refractivity contribution >= 4 is 5.69 Å². The number of ether oxygens (including phenoxy) is 1. The Bertz CT molecular complexity index is 492. The van der Waals surface area contributed by atoms with E-state index in [1.54, 1.807) is 6.07 Å². The van der Waals surface area contributed by atoms with Gasteiger partial charge in [-0.05, 0) is 37.0 Å². The van der Waals surface area contributed by atoms with Gasteiger partial charge < -0.3 is 15.0 Å². The molecule has 3 nitrogen and oxygen atoms in total. The summed E-state index contributed by atoms with van der Waals surface area (Å²) in [5.41, 5.74) is 1.74. The molecule has 1 heterocycles. The first-order chi connectivity index (χ1) is 10.1. The number of hydrogen-bond donors (Lipinski definition) is 1. The summed E-state index contributed by atoms with van der Waals surface area (Å²) in [4.78, 5) is 2.22. The molecule has 116 valence electrons. The summed E-state index contributed by atoms with van der Waals surface area (Å²) in [6.07, 6.45) is 3.70. The molecule has 2 unspecified atom stereocenters. The predicted octanol–water partition coefficient (Wildman–Crippen LogP) is 3.08. The number of hydrogen-bond acceptors (Lipinski definition) is 3. The molecule has 1 N–H and O–H groups in total. The van der Waals surface area contributed by atoms with Gasteiger partial charge in [-0.15, -0.1) is 0 Å². The Morgan fingerprint density at radius 2 is 2.24 bits per heavy atom. The van der Waals surface area contributed by atoms with E-state index >= 15 is 0 Å². The largest absolute Gasteiger partial charge is 0.374 e. The number of benzene rings is 1. The van der Waals surface area contributed by atoms with E-state index in [4.69, 9.17) is 4.74 Å². The number of nitrogens with zero attached hydrogens (tertiary/aromatic N) is 1. The smallest absolute Gasteiger partial charge is 0.146 e. The van der Waals surface area contributed by atoms with E-state index < -0.39 is 0 Å². The lowest BCUT2D eigenvalue weighted by molar-refractivity contribution is 0.0254. The number of halogens is 1. The monoisotopic (exact) mass is 292 g/mol. The van der Waals surface area contributed by atoms with Gasteiger partial charge in [0.1, 0.15) is 5.82 Å². The Morgan fingerprint density at radius 3 is 3.00 bits per heavy atom. The molecule has 1 aliphatic carbocycles. The molecule has 0 bridgehead atoms. The molecule has 0 spiro atoms. The van der Waals surface area contributed by atoms with Gasteiger partial charge in [-0.1, -0.05) is 19.9 Å². The minimum absolute atomic E-state index is 0.106. The maximum Gasteiger partial charge on any atom is 0.146 e. The van der Waals surface area contributed by atoms with Crippen molar-refractivity contribution in [3.63, 3.8) is 0 Å². The minimum Gasteiger partial charge on any atom is -0.374 e. The lowest BCUT2D eigenvalue weighted by Gasteiger charge is -2.39. The SMILES string of the molecule is CC(C)NCc1ccc(N2CCOC3CCCC32)c(F)c1. The maximum atomic E-state index is 14.5. The highest BCUT2D eigenvalue weighted by Crippen LogP contribution is 2.34. The molecule has 1 aliphatic heterocycles.